The number of hydrogen-bond donors (Lipinski definition) is 0. The Morgan fingerprint density at radius 2 is 1.56 bits per heavy atom. The molecule has 0 bridgehead atoms. The number of para-hydroxylation sites is 2. The lowest BCUT2D eigenvalue weighted by Gasteiger charge is -2.11. The molecule has 0 radical (unpaired) electrons. The predicted molar refractivity (Wildman–Crippen MR) is 142 cm³/mol. The first-order chi connectivity index (χ1) is 17.7. The Bertz CT molecular complexity index is 1450. The minimum atomic E-state index is -0.349. The average molecular weight is 497 g/mol. The number of rotatable bonds is 9. The van der Waals surface area contributed by atoms with Crippen LogP contribution < -0.4 is 4.74 Å². The second-order valence-electron chi connectivity index (χ2n) is 8.37. The molecule has 4 aromatic carbocycles. The normalized spacial score (nSPS) is 10.9. The first-order valence-corrected chi connectivity index (χ1v) is 12.2. The van der Waals surface area contributed by atoms with Crippen LogP contribution >= 0.6 is 11.6 Å². The molecule has 36 heavy (non-hydrogen) atoms. The fourth-order valence-corrected chi connectivity index (χ4v) is 4.15. The van der Waals surface area contributed by atoms with Crippen LogP contribution in [0.15, 0.2) is 103 Å². The topological polar surface area (TPSA) is 53.3 Å². The maximum absolute atomic E-state index is 12.5. The van der Waals surface area contributed by atoms with E-state index >= 15 is 0 Å². The molecule has 0 aliphatic carbocycles. The van der Waals surface area contributed by atoms with Crippen molar-refractivity contribution in [1.29, 1.82) is 0 Å². The van der Waals surface area contributed by atoms with Gasteiger partial charge in [0.15, 0.2) is 0 Å². The molecule has 5 rings (SSSR count). The van der Waals surface area contributed by atoms with Crippen molar-refractivity contribution in [3.8, 4) is 17.1 Å². The van der Waals surface area contributed by atoms with Gasteiger partial charge in [0.1, 0.15) is 18.2 Å². The number of nitrogens with zero attached hydrogens (tertiary/aromatic N) is 2. The molecule has 0 atom stereocenters. The highest BCUT2D eigenvalue weighted by atomic mass is 35.5. The zero-order valence-corrected chi connectivity index (χ0v) is 20.4. The third kappa shape index (κ3) is 5.58. The van der Waals surface area contributed by atoms with Gasteiger partial charge in [-0.3, -0.25) is 0 Å². The maximum Gasteiger partial charge on any atom is 0.338 e. The van der Waals surface area contributed by atoms with E-state index in [1.54, 1.807) is 12.1 Å². The summed E-state index contributed by atoms with van der Waals surface area (Å²) in [6.07, 6.45) is 0.805. The summed E-state index contributed by atoms with van der Waals surface area (Å²) in [5.41, 5.74) is 4.39. The molecule has 0 spiro atoms. The van der Waals surface area contributed by atoms with Crippen LogP contribution in [0.5, 0.6) is 5.75 Å². The SMILES string of the molecule is O=C(OCc1ccccc1)c1ccc(-c2nc3ccccc3n2CCCOc2ccc(Cl)cc2)cc1. The molecule has 5 nitrogen and oxygen atoms in total. The largest absolute Gasteiger partial charge is 0.494 e. The van der Waals surface area contributed by atoms with Crippen LogP contribution in [-0.4, -0.2) is 22.1 Å². The number of halogens is 1. The molecule has 0 aliphatic rings. The Labute approximate surface area is 214 Å². The Morgan fingerprint density at radius 1 is 0.833 bits per heavy atom. The molecule has 0 aliphatic heterocycles. The summed E-state index contributed by atoms with van der Waals surface area (Å²) in [5.74, 6) is 1.30. The molecule has 0 unspecified atom stereocenters. The van der Waals surface area contributed by atoms with E-state index in [2.05, 4.69) is 10.6 Å². The molecule has 0 saturated carbocycles. The summed E-state index contributed by atoms with van der Waals surface area (Å²) in [5, 5.41) is 0.687. The minimum absolute atomic E-state index is 0.245. The fourth-order valence-electron chi connectivity index (χ4n) is 4.03. The van der Waals surface area contributed by atoms with Crippen LogP contribution in [0.2, 0.25) is 5.02 Å². The summed E-state index contributed by atoms with van der Waals surface area (Å²) >= 11 is 5.95. The van der Waals surface area contributed by atoms with Gasteiger partial charge in [-0.05, 0) is 60.5 Å². The van der Waals surface area contributed by atoms with Crippen LogP contribution in [0.1, 0.15) is 22.3 Å². The highest BCUT2D eigenvalue weighted by Crippen LogP contribution is 2.26. The summed E-state index contributed by atoms with van der Waals surface area (Å²) in [7, 11) is 0. The van der Waals surface area contributed by atoms with Gasteiger partial charge in [-0.25, -0.2) is 9.78 Å². The number of aryl methyl sites for hydroxylation is 1. The van der Waals surface area contributed by atoms with E-state index in [9.17, 15) is 4.79 Å². The van der Waals surface area contributed by atoms with E-state index < -0.39 is 0 Å². The van der Waals surface area contributed by atoms with Crippen molar-refractivity contribution in [1.82, 2.24) is 9.55 Å². The van der Waals surface area contributed by atoms with Crippen molar-refractivity contribution in [2.24, 2.45) is 0 Å². The number of ether oxygens (including phenoxy) is 2. The van der Waals surface area contributed by atoms with Gasteiger partial charge in [0, 0.05) is 17.1 Å². The molecule has 5 aromatic rings. The monoisotopic (exact) mass is 496 g/mol. The fraction of sp³-hybridized carbons (Fsp3) is 0.133. The number of hydrogen-bond acceptors (Lipinski definition) is 4. The third-order valence-electron chi connectivity index (χ3n) is 5.85. The Hall–Kier alpha value is -4.09. The third-order valence-corrected chi connectivity index (χ3v) is 6.11. The van der Waals surface area contributed by atoms with Gasteiger partial charge in [-0.15, -0.1) is 0 Å². The quantitative estimate of drug-likeness (QED) is 0.160. The van der Waals surface area contributed by atoms with Crippen molar-refractivity contribution in [2.75, 3.05) is 6.61 Å². The summed E-state index contributed by atoms with van der Waals surface area (Å²) in [4.78, 5) is 17.4. The second kappa shape index (κ2) is 11.1. The number of carbonyl (C=O) groups is 1. The molecule has 0 amide bonds. The van der Waals surface area contributed by atoms with Gasteiger partial charge >= 0.3 is 5.97 Å². The van der Waals surface area contributed by atoms with E-state index in [4.69, 9.17) is 26.1 Å². The molecular formula is C30H25ClN2O3. The Kier molecular flexibility index (Phi) is 7.29. The highest BCUT2D eigenvalue weighted by Gasteiger charge is 2.14. The number of fused-ring (bicyclic) bond motifs is 1. The van der Waals surface area contributed by atoms with Crippen molar-refractivity contribution in [2.45, 2.75) is 19.6 Å². The average Bonchev–Trinajstić information content (AvgIpc) is 3.30. The van der Waals surface area contributed by atoms with E-state index in [1.165, 1.54) is 0 Å². The van der Waals surface area contributed by atoms with Crippen molar-refractivity contribution < 1.29 is 14.3 Å². The first-order valence-electron chi connectivity index (χ1n) is 11.8. The second-order valence-corrected chi connectivity index (χ2v) is 8.81. The van der Waals surface area contributed by atoms with Crippen molar-refractivity contribution >= 4 is 28.6 Å². The molecule has 0 saturated heterocycles. The van der Waals surface area contributed by atoms with E-state index in [0.717, 1.165) is 46.7 Å². The van der Waals surface area contributed by atoms with Crippen molar-refractivity contribution in [3.63, 3.8) is 0 Å². The van der Waals surface area contributed by atoms with Crippen molar-refractivity contribution in [3.05, 3.63) is 119 Å². The molecule has 0 N–H and O–H groups in total. The number of benzene rings is 4. The number of esters is 1. The van der Waals surface area contributed by atoms with Gasteiger partial charge < -0.3 is 14.0 Å². The molecule has 6 heteroatoms. The Balaban J connectivity index is 1.29. The van der Waals surface area contributed by atoms with Gasteiger partial charge in [-0.2, -0.15) is 0 Å². The zero-order valence-electron chi connectivity index (χ0n) is 19.6. The lowest BCUT2D eigenvalue weighted by atomic mass is 10.1. The van der Waals surface area contributed by atoms with E-state index in [-0.39, 0.29) is 12.6 Å². The van der Waals surface area contributed by atoms with Gasteiger partial charge in [0.05, 0.1) is 23.2 Å². The smallest absolute Gasteiger partial charge is 0.338 e. The van der Waals surface area contributed by atoms with Gasteiger partial charge in [0.25, 0.3) is 0 Å². The molecule has 1 heterocycles. The highest BCUT2D eigenvalue weighted by molar-refractivity contribution is 6.30. The van der Waals surface area contributed by atoms with Crippen LogP contribution in [0.25, 0.3) is 22.4 Å². The zero-order chi connectivity index (χ0) is 24.7. The minimum Gasteiger partial charge on any atom is -0.494 e. The van der Waals surface area contributed by atoms with Gasteiger partial charge in [0.2, 0.25) is 0 Å². The van der Waals surface area contributed by atoms with E-state index in [1.807, 2.05) is 84.9 Å². The van der Waals surface area contributed by atoms with Gasteiger partial charge in [-0.1, -0.05) is 66.2 Å². The number of carbonyl (C=O) groups excluding carboxylic acids is 1. The van der Waals surface area contributed by atoms with Crippen LogP contribution in [0.3, 0.4) is 0 Å². The lowest BCUT2D eigenvalue weighted by Crippen LogP contribution is -2.07. The lowest BCUT2D eigenvalue weighted by molar-refractivity contribution is 0.0472. The molecular weight excluding hydrogens is 472 g/mol. The number of aromatic nitrogens is 2. The molecule has 0 fully saturated rings. The Morgan fingerprint density at radius 3 is 2.33 bits per heavy atom. The van der Waals surface area contributed by atoms with E-state index in [0.29, 0.717) is 17.2 Å². The summed E-state index contributed by atoms with van der Waals surface area (Å²) < 4.78 is 13.5. The summed E-state index contributed by atoms with van der Waals surface area (Å²) in [6.45, 7) is 1.55. The maximum atomic E-state index is 12.5. The standard InChI is InChI=1S/C30H25ClN2O3/c31-25-15-17-26(18-16-25)35-20-6-19-33-28-10-5-4-9-27(28)32-29(33)23-11-13-24(14-12-23)30(34)36-21-22-7-2-1-3-8-22/h1-5,7-18H,6,19-21H2. The van der Waals surface area contributed by atoms with Crippen LogP contribution in [0, 0.1) is 0 Å². The number of imidazole rings is 1. The van der Waals surface area contributed by atoms with Crippen LogP contribution in [0.4, 0.5) is 0 Å². The van der Waals surface area contributed by atoms with Crippen LogP contribution in [-0.2, 0) is 17.9 Å². The summed E-state index contributed by atoms with van der Waals surface area (Å²) in [6, 6.07) is 32.5. The first kappa shape index (κ1) is 23.6. The molecule has 180 valence electrons. The molecule has 1 aromatic heterocycles. The predicted octanol–water partition coefficient (Wildman–Crippen LogP) is 7.18.